The van der Waals surface area contributed by atoms with Crippen LogP contribution in [-0.2, 0) is 16.2 Å². The van der Waals surface area contributed by atoms with Gasteiger partial charge < -0.3 is 0 Å². The first-order valence-corrected chi connectivity index (χ1v) is 16.5. The minimum atomic E-state index is -1.00. The molecule has 0 N–H and O–H groups in total. The van der Waals surface area contributed by atoms with Crippen molar-refractivity contribution in [1.29, 1.82) is 0 Å². The molecule has 0 saturated heterocycles. The maximum absolute atomic E-state index is 15.8. The maximum Gasteiger partial charge on any atom is 0.182 e. The van der Waals surface area contributed by atoms with Crippen molar-refractivity contribution in [2.24, 2.45) is 0 Å². The minimum Gasteiger partial charge on any atom is -0.293 e. The van der Waals surface area contributed by atoms with Crippen LogP contribution in [0.25, 0.3) is 44.5 Å². The Morgan fingerprint density at radius 2 is 0.745 bits per heavy atom. The molecule has 1 spiro atoms. The van der Waals surface area contributed by atoms with Crippen LogP contribution in [0.1, 0.15) is 81.8 Å². The molecule has 2 heteroatoms. The van der Waals surface area contributed by atoms with Crippen LogP contribution in [0, 0.1) is 0 Å². The Morgan fingerprint density at radius 3 is 1.40 bits per heavy atom. The molecular formula is C45H32O2. The minimum absolute atomic E-state index is 0.0953. The highest BCUT2D eigenvalue weighted by atomic mass is 16.1. The molecule has 0 aliphatic heterocycles. The fourth-order valence-electron chi connectivity index (χ4n) is 9.50. The Labute approximate surface area is 274 Å². The number of hydrogen-bond acceptors (Lipinski definition) is 2. The molecule has 10 rings (SSSR count). The fraction of sp³-hybridized carbons (Fsp3) is 0.156. The molecule has 6 aromatic carbocycles. The highest BCUT2D eigenvalue weighted by molar-refractivity contribution is 6.22. The zero-order valence-electron chi connectivity index (χ0n) is 26.9. The van der Waals surface area contributed by atoms with E-state index >= 15 is 4.79 Å². The standard InChI is InChI=1S/C45H32O2/c1-43(2)35-18-10-7-15-27(35)32-24-40-33(23-38(32)43)28-16-9-12-20-37(28)45(40)36-19-11-8-14-26(36)30-22-39-31(21-34(30)42(45)47)25-13-5-6-17-29(25)41(46)44(39,3)4/h5-24H,1-4H3. The molecule has 4 aliphatic carbocycles. The van der Waals surface area contributed by atoms with E-state index in [-0.39, 0.29) is 17.0 Å². The Hall–Kier alpha value is -5.34. The number of benzene rings is 6. The SMILES string of the molecule is CC1(C)C(=O)c2ccccc2-c2cc3c(cc21)-c1ccccc1C1(C3=O)c2ccccc2-c2cc3c(cc21)-c1ccccc1C3(C)C. The molecule has 224 valence electrons. The van der Waals surface area contributed by atoms with Gasteiger partial charge in [-0.15, -0.1) is 0 Å². The number of carbonyl (C=O) groups is 2. The molecule has 2 nitrogen and oxygen atoms in total. The summed E-state index contributed by atoms with van der Waals surface area (Å²) in [6.45, 7) is 8.65. The first-order chi connectivity index (χ1) is 22.7. The monoisotopic (exact) mass is 604 g/mol. The maximum atomic E-state index is 15.8. The summed E-state index contributed by atoms with van der Waals surface area (Å²) in [7, 11) is 0. The van der Waals surface area contributed by atoms with Crippen molar-refractivity contribution < 1.29 is 9.59 Å². The van der Waals surface area contributed by atoms with Crippen molar-refractivity contribution in [3.05, 3.63) is 166 Å². The summed E-state index contributed by atoms with van der Waals surface area (Å²) in [6, 6.07) is 42.5. The van der Waals surface area contributed by atoms with E-state index in [4.69, 9.17) is 0 Å². The molecule has 0 bridgehead atoms. The van der Waals surface area contributed by atoms with Gasteiger partial charge in [-0.2, -0.15) is 0 Å². The lowest BCUT2D eigenvalue weighted by Crippen LogP contribution is -2.41. The first-order valence-electron chi connectivity index (χ1n) is 16.5. The Balaban J connectivity index is 1.32. The lowest BCUT2D eigenvalue weighted by molar-refractivity contribution is 0.0906. The normalized spacial score (nSPS) is 19.6. The molecule has 47 heavy (non-hydrogen) atoms. The van der Waals surface area contributed by atoms with Gasteiger partial charge in [-0.25, -0.2) is 0 Å². The van der Waals surface area contributed by atoms with Gasteiger partial charge in [0, 0.05) is 16.5 Å². The molecule has 0 amide bonds. The van der Waals surface area contributed by atoms with Crippen LogP contribution in [0.4, 0.5) is 0 Å². The summed E-state index contributed by atoms with van der Waals surface area (Å²) >= 11 is 0. The second-order valence-electron chi connectivity index (χ2n) is 14.7. The smallest absolute Gasteiger partial charge is 0.182 e. The molecule has 4 aliphatic rings. The van der Waals surface area contributed by atoms with Gasteiger partial charge in [0.1, 0.15) is 5.41 Å². The highest BCUT2D eigenvalue weighted by Gasteiger charge is 2.55. The summed E-state index contributed by atoms with van der Waals surface area (Å²) in [5.74, 6) is 0.209. The van der Waals surface area contributed by atoms with Crippen LogP contribution in [0.2, 0.25) is 0 Å². The van der Waals surface area contributed by atoms with Crippen molar-refractivity contribution in [1.82, 2.24) is 0 Å². The number of hydrogen-bond donors (Lipinski definition) is 0. The molecule has 0 fully saturated rings. The third-order valence-corrected chi connectivity index (χ3v) is 11.8. The van der Waals surface area contributed by atoms with E-state index in [1.54, 1.807) is 0 Å². The van der Waals surface area contributed by atoms with Crippen LogP contribution in [0.3, 0.4) is 0 Å². The number of fused-ring (bicyclic) bond motifs is 15. The molecule has 0 radical (unpaired) electrons. The van der Waals surface area contributed by atoms with E-state index in [0.717, 1.165) is 61.2 Å². The second-order valence-corrected chi connectivity index (χ2v) is 14.7. The summed E-state index contributed by atoms with van der Waals surface area (Å²) in [5.41, 5.74) is 14.8. The molecule has 1 atom stereocenters. The van der Waals surface area contributed by atoms with Crippen LogP contribution in [0.15, 0.2) is 121 Å². The Morgan fingerprint density at radius 1 is 0.319 bits per heavy atom. The third-order valence-electron chi connectivity index (χ3n) is 11.8. The zero-order chi connectivity index (χ0) is 32.0. The van der Waals surface area contributed by atoms with Crippen molar-refractivity contribution in [3.63, 3.8) is 0 Å². The van der Waals surface area contributed by atoms with Gasteiger partial charge in [0.2, 0.25) is 0 Å². The van der Waals surface area contributed by atoms with Gasteiger partial charge in [-0.05, 0) is 116 Å². The Kier molecular flexibility index (Phi) is 4.86. The first kappa shape index (κ1) is 26.8. The number of carbonyl (C=O) groups excluding carboxylic acids is 2. The third kappa shape index (κ3) is 2.99. The lowest BCUT2D eigenvalue weighted by atomic mass is 9.60. The van der Waals surface area contributed by atoms with E-state index < -0.39 is 10.8 Å². The summed E-state index contributed by atoms with van der Waals surface area (Å²) in [6.07, 6.45) is 0. The molecule has 0 heterocycles. The van der Waals surface area contributed by atoms with Crippen molar-refractivity contribution in [3.8, 4) is 44.5 Å². The van der Waals surface area contributed by atoms with E-state index in [1.165, 1.54) is 22.3 Å². The predicted molar refractivity (Wildman–Crippen MR) is 188 cm³/mol. The largest absolute Gasteiger partial charge is 0.293 e. The Bertz CT molecular complexity index is 2460. The van der Waals surface area contributed by atoms with Crippen molar-refractivity contribution in [2.45, 2.75) is 43.9 Å². The van der Waals surface area contributed by atoms with Gasteiger partial charge >= 0.3 is 0 Å². The quantitative estimate of drug-likeness (QED) is 0.173. The van der Waals surface area contributed by atoms with Crippen LogP contribution >= 0.6 is 0 Å². The van der Waals surface area contributed by atoms with Gasteiger partial charge in [0.25, 0.3) is 0 Å². The van der Waals surface area contributed by atoms with Gasteiger partial charge in [-0.1, -0.05) is 111 Å². The van der Waals surface area contributed by atoms with Crippen molar-refractivity contribution >= 4 is 11.6 Å². The highest BCUT2D eigenvalue weighted by Crippen LogP contribution is 2.62. The average Bonchev–Trinajstić information content (AvgIpc) is 3.51. The summed E-state index contributed by atoms with van der Waals surface area (Å²) in [4.78, 5) is 29.6. The average molecular weight is 605 g/mol. The summed E-state index contributed by atoms with van der Waals surface area (Å²) in [5, 5.41) is 0. The van der Waals surface area contributed by atoms with Gasteiger partial charge in [0.05, 0.1) is 5.41 Å². The summed E-state index contributed by atoms with van der Waals surface area (Å²) < 4.78 is 0. The van der Waals surface area contributed by atoms with Crippen LogP contribution < -0.4 is 0 Å². The molecule has 0 aromatic heterocycles. The predicted octanol–water partition coefficient (Wildman–Crippen LogP) is 10.3. The molecule has 0 saturated carbocycles. The number of rotatable bonds is 0. The van der Waals surface area contributed by atoms with E-state index in [1.807, 2.05) is 38.1 Å². The number of ketones is 2. The van der Waals surface area contributed by atoms with Crippen molar-refractivity contribution in [2.75, 3.05) is 0 Å². The second kappa shape index (κ2) is 8.52. The van der Waals surface area contributed by atoms with Crippen LogP contribution in [0.5, 0.6) is 0 Å². The van der Waals surface area contributed by atoms with E-state index in [9.17, 15) is 4.79 Å². The molecule has 1 unspecified atom stereocenters. The van der Waals surface area contributed by atoms with E-state index in [0.29, 0.717) is 5.56 Å². The van der Waals surface area contributed by atoms with Crippen LogP contribution in [-0.4, -0.2) is 11.6 Å². The van der Waals surface area contributed by atoms with Gasteiger partial charge in [-0.3, -0.25) is 9.59 Å². The molecule has 6 aromatic rings. The zero-order valence-corrected chi connectivity index (χ0v) is 26.9. The van der Waals surface area contributed by atoms with E-state index in [2.05, 4.69) is 111 Å². The number of Topliss-reactive ketones (excluding diaryl/α,β-unsaturated/α-hetero) is 2. The topological polar surface area (TPSA) is 34.1 Å². The molecular weight excluding hydrogens is 572 g/mol. The van der Waals surface area contributed by atoms with Gasteiger partial charge in [0.15, 0.2) is 11.6 Å². The fourth-order valence-corrected chi connectivity index (χ4v) is 9.50. The lowest BCUT2D eigenvalue weighted by Gasteiger charge is -2.40.